The van der Waals surface area contributed by atoms with Crippen molar-refractivity contribution >= 4 is 49.5 Å². The first-order valence-electron chi connectivity index (χ1n) is 10.2. The van der Waals surface area contributed by atoms with Crippen molar-refractivity contribution in [3.8, 4) is 0 Å². The van der Waals surface area contributed by atoms with Gasteiger partial charge in [0.2, 0.25) is 0 Å². The molecule has 2 heterocycles. The maximum absolute atomic E-state index is 13.2. The van der Waals surface area contributed by atoms with Crippen LogP contribution in [0.2, 0.25) is 10.0 Å². The van der Waals surface area contributed by atoms with Gasteiger partial charge >= 0.3 is 0 Å². The van der Waals surface area contributed by atoms with Gasteiger partial charge < -0.3 is 4.90 Å². The molecule has 1 aromatic heterocycles. The molecule has 2 aromatic carbocycles. The van der Waals surface area contributed by atoms with Crippen LogP contribution in [-0.4, -0.2) is 31.7 Å². The fourth-order valence-corrected chi connectivity index (χ4v) is 7.36. The number of rotatable bonds is 5. The summed E-state index contributed by atoms with van der Waals surface area (Å²) in [5, 5.41) is 3.27. The number of hydrogen-bond donors (Lipinski definition) is 0. The van der Waals surface area contributed by atoms with Crippen LogP contribution in [-0.2, 0) is 16.3 Å². The van der Waals surface area contributed by atoms with Gasteiger partial charge in [-0.1, -0.05) is 47.5 Å². The number of nitrogens with zero attached hydrogens (tertiary/aromatic N) is 2. The first-order valence-corrected chi connectivity index (χ1v) is 13.4. The van der Waals surface area contributed by atoms with Crippen LogP contribution in [0.1, 0.15) is 35.2 Å². The predicted molar refractivity (Wildman–Crippen MR) is 130 cm³/mol. The number of thiazole rings is 1. The van der Waals surface area contributed by atoms with Gasteiger partial charge in [-0.15, -0.1) is 11.3 Å². The zero-order valence-electron chi connectivity index (χ0n) is 17.4. The minimum Gasteiger partial charge on any atom is -0.348 e. The Bertz CT molecular complexity index is 1200. The van der Waals surface area contributed by atoms with Gasteiger partial charge in [-0.2, -0.15) is 0 Å². The highest BCUT2D eigenvalue weighted by Crippen LogP contribution is 2.34. The lowest BCUT2D eigenvalue weighted by Gasteiger charge is -2.31. The Morgan fingerprint density at radius 1 is 1.06 bits per heavy atom. The molecule has 31 heavy (non-hydrogen) atoms. The molecule has 0 aliphatic carbocycles. The molecule has 0 bridgehead atoms. The summed E-state index contributed by atoms with van der Waals surface area (Å²) in [6.07, 6.45) is 1.91. The van der Waals surface area contributed by atoms with Crippen LogP contribution in [0, 0.1) is 13.8 Å². The molecule has 0 saturated carbocycles. The number of anilines is 1. The van der Waals surface area contributed by atoms with Gasteiger partial charge in [0, 0.05) is 29.9 Å². The zero-order valence-corrected chi connectivity index (χ0v) is 20.6. The highest BCUT2D eigenvalue weighted by atomic mass is 35.5. The third kappa shape index (κ3) is 4.77. The Labute approximate surface area is 197 Å². The van der Waals surface area contributed by atoms with Gasteiger partial charge in [0.15, 0.2) is 15.0 Å². The monoisotopic (exact) mass is 494 g/mol. The number of hydrogen-bond acceptors (Lipinski definition) is 5. The second kappa shape index (κ2) is 9.10. The fourth-order valence-electron chi connectivity index (χ4n) is 3.91. The van der Waals surface area contributed by atoms with E-state index in [2.05, 4.69) is 35.4 Å². The molecule has 1 aliphatic rings. The summed E-state index contributed by atoms with van der Waals surface area (Å²) in [5.41, 5.74) is 4.30. The molecule has 1 saturated heterocycles. The molecule has 4 nitrogen and oxygen atoms in total. The molecule has 1 aliphatic heterocycles. The molecular formula is C23H24Cl2N2O2S2. The van der Waals surface area contributed by atoms with E-state index in [0.717, 1.165) is 17.2 Å². The minimum absolute atomic E-state index is 0.185. The largest absolute Gasteiger partial charge is 0.348 e. The van der Waals surface area contributed by atoms with E-state index in [4.69, 9.17) is 28.2 Å². The number of benzene rings is 2. The standard InChI is InChI=1S/C23H24Cl2N2O2S2/c1-15-5-3-4-6-17(15)12-18-14-30-23(26-18)27-9-7-19(8-10-27)31(28,29)22-11-16(2)20(24)13-21(22)25/h3-6,11,13-14,19H,7-10,12H2,1-2H3. The normalized spacial score (nSPS) is 15.4. The summed E-state index contributed by atoms with van der Waals surface area (Å²) in [6.45, 7) is 5.22. The second-order valence-corrected chi connectivity index (χ2v) is 11.8. The first kappa shape index (κ1) is 22.6. The van der Waals surface area contributed by atoms with Crippen LogP contribution in [0.25, 0.3) is 0 Å². The molecule has 0 spiro atoms. The Hall–Kier alpha value is -1.60. The summed E-state index contributed by atoms with van der Waals surface area (Å²) >= 11 is 13.9. The summed E-state index contributed by atoms with van der Waals surface area (Å²) in [5.74, 6) is 0. The lowest BCUT2D eigenvalue weighted by molar-refractivity contribution is 0.529. The zero-order chi connectivity index (χ0) is 22.2. The van der Waals surface area contributed by atoms with E-state index < -0.39 is 15.1 Å². The molecule has 0 radical (unpaired) electrons. The number of aryl methyl sites for hydroxylation is 2. The van der Waals surface area contributed by atoms with Crippen LogP contribution in [0.15, 0.2) is 46.7 Å². The SMILES string of the molecule is Cc1cc(S(=O)(=O)C2CCN(c3nc(Cc4ccccc4C)cs3)CC2)c(Cl)cc1Cl. The molecule has 1 fully saturated rings. The van der Waals surface area contributed by atoms with Gasteiger partial charge in [-0.05, 0) is 55.5 Å². The minimum atomic E-state index is -3.51. The topological polar surface area (TPSA) is 50.3 Å². The van der Waals surface area contributed by atoms with Crippen LogP contribution in [0.3, 0.4) is 0 Å². The number of aromatic nitrogens is 1. The van der Waals surface area contributed by atoms with E-state index in [-0.39, 0.29) is 9.92 Å². The van der Waals surface area contributed by atoms with Crippen molar-refractivity contribution in [2.24, 2.45) is 0 Å². The maximum Gasteiger partial charge on any atom is 0.185 e. The molecule has 4 rings (SSSR count). The van der Waals surface area contributed by atoms with Gasteiger partial charge in [-0.25, -0.2) is 13.4 Å². The summed E-state index contributed by atoms with van der Waals surface area (Å²) in [7, 11) is -3.51. The molecule has 0 amide bonds. The molecule has 0 atom stereocenters. The third-order valence-electron chi connectivity index (χ3n) is 5.84. The van der Waals surface area contributed by atoms with Gasteiger partial charge in [0.1, 0.15) is 0 Å². The van der Waals surface area contributed by atoms with E-state index >= 15 is 0 Å². The Morgan fingerprint density at radius 2 is 1.77 bits per heavy atom. The molecule has 164 valence electrons. The van der Waals surface area contributed by atoms with Crippen molar-refractivity contribution in [3.63, 3.8) is 0 Å². The average molecular weight is 495 g/mol. The summed E-state index contributed by atoms with van der Waals surface area (Å²) in [6, 6.07) is 11.4. The molecular weight excluding hydrogens is 471 g/mol. The van der Waals surface area contributed by atoms with Crippen molar-refractivity contribution in [1.29, 1.82) is 0 Å². The van der Waals surface area contributed by atoms with Crippen LogP contribution in [0.5, 0.6) is 0 Å². The Kier molecular flexibility index (Phi) is 6.63. The molecule has 0 N–H and O–H groups in total. The average Bonchev–Trinajstić information content (AvgIpc) is 3.21. The molecule has 3 aromatic rings. The lowest BCUT2D eigenvalue weighted by atomic mass is 10.1. The van der Waals surface area contributed by atoms with Crippen molar-refractivity contribution in [2.45, 2.75) is 43.3 Å². The third-order valence-corrected chi connectivity index (χ3v) is 9.93. The number of sulfone groups is 1. The fraction of sp³-hybridized carbons (Fsp3) is 0.348. The van der Waals surface area contributed by atoms with Gasteiger partial charge in [0.25, 0.3) is 0 Å². The van der Waals surface area contributed by atoms with Crippen molar-refractivity contribution in [2.75, 3.05) is 18.0 Å². The number of halogens is 2. The maximum atomic E-state index is 13.2. The first-order chi connectivity index (χ1) is 14.8. The summed E-state index contributed by atoms with van der Waals surface area (Å²) < 4.78 is 26.4. The van der Waals surface area contributed by atoms with Crippen molar-refractivity contribution < 1.29 is 8.42 Å². The van der Waals surface area contributed by atoms with Crippen molar-refractivity contribution in [3.05, 3.63) is 74.2 Å². The van der Waals surface area contributed by atoms with Crippen LogP contribution < -0.4 is 4.90 Å². The van der Waals surface area contributed by atoms with E-state index in [1.54, 1.807) is 24.3 Å². The van der Waals surface area contributed by atoms with Gasteiger partial charge in [0.05, 0.1) is 20.9 Å². The molecule has 8 heteroatoms. The highest BCUT2D eigenvalue weighted by molar-refractivity contribution is 7.92. The van der Waals surface area contributed by atoms with Crippen molar-refractivity contribution in [1.82, 2.24) is 4.98 Å². The lowest BCUT2D eigenvalue weighted by Crippen LogP contribution is -2.39. The Morgan fingerprint density at radius 3 is 2.48 bits per heavy atom. The highest BCUT2D eigenvalue weighted by Gasteiger charge is 2.33. The molecule has 0 unspecified atom stereocenters. The predicted octanol–water partition coefficient (Wildman–Crippen LogP) is 6.10. The Balaban J connectivity index is 1.44. The second-order valence-electron chi connectivity index (χ2n) is 7.99. The van der Waals surface area contributed by atoms with E-state index in [1.165, 1.54) is 17.2 Å². The smallest absolute Gasteiger partial charge is 0.185 e. The quantitative estimate of drug-likeness (QED) is 0.429. The van der Waals surface area contributed by atoms with E-state index in [9.17, 15) is 8.42 Å². The van der Waals surface area contributed by atoms with E-state index in [0.29, 0.717) is 36.5 Å². The van der Waals surface area contributed by atoms with E-state index in [1.807, 2.05) is 6.07 Å². The van der Waals surface area contributed by atoms with Gasteiger partial charge in [-0.3, -0.25) is 0 Å². The van der Waals surface area contributed by atoms with Crippen LogP contribution >= 0.6 is 34.5 Å². The number of piperidine rings is 1. The van der Waals surface area contributed by atoms with Crippen LogP contribution in [0.4, 0.5) is 5.13 Å². The summed E-state index contributed by atoms with van der Waals surface area (Å²) in [4.78, 5) is 7.18.